The fourth-order valence-corrected chi connectivity index (χ4v) is 3.28. The van der Waals surface area contributed by atoms with Crippen molar-refractivity contribution in [1.82, 2.24) is 0 Å². The van der Waals surface area contributed by atoms with E-state index in [0.717, 1.165) is 21.9 Å². The van der Waals surface area contributed by atoms with Gasteiger partial charge < -0.3 is 5.11 Å². The van der Waals surface area contributed by atoms with Crippen molar-refractivity contribution in [3.05, 3.63) is 81.8 Å². The smallest absolute Gasteiger partial charge is 0.311 e. The zero-order valence-electron chi connectivity index (χ0n) is 12.2. The Morgan fingerprint density at radius 2 is 1.74 bits per heavy atom. The van der Waals surface area contributed by atoms with Crippen LogP contribution in [0.2, 0.25) is 10.0 Å². The van der Waals surface area contributed by atoms with E-state index in [4.69, 9.17) is 23.2 Å². The van der Waals surface area contributed by atoms with Gasteiger partial charge in [-0.2, -0.15) is 0 Å². The highest BCUT2D eigenvalue weighted by atomic mass is 35.5. The summed E-state index contributed by atoms with van der Waals surface area (Å²) in [5, 5.41) is 12.7. The molecule has 116 valence electrons. The van der Waals surface area contributed by atoms with Gasteiger partial charge in [-0.3, -0.25) is 4.79 Å². The lowest BCUT2D eigenvalue weighted by atomic mass is 9.88. The van der Waals surface area contributed by atoms with Crippen LogP contribution in [-0.4, -0.2) is 11.1 Å². The Kier molecular flexibility index (Phi) is 4.56. The van der Waals surface area contributed by atoms with Gasteiger partial charge in [0.2, 0.25) is 0 Å². The van der Waals surface area contributed by atoms with Crippen molar-refractivity contribution in [1.29, 1.82) is 0 Å². The molecule has 2 nitrogen and oxygen atoms in total. The molecular weight excluding hydrogens is 331 g/mol. The van der Waals surface area contributed by atoms with Gasteiger partial charge in [0.25, 0.3) is 0 Å². The van der Waals surface area contributed by atoms with Crippen molar-refractivity contribution < 1.29 is 9.90 Å². The average molecular weight is 345 g/mol. The van der Waals surface area contributed by atoms with E-state index in [9.17, 15) is 9.90 Å². The summed E-state index contributed by atoms with van der Waals surface area (Å²) in [6.07, 6.45) is 0.319. The summed E-state index contributed by atoms with van der Waals surface area (Å²) in [5.74, 6) is -1.54. The number of halogens is 2. The molecule has 3 rings (SSSR count). The molecule has 0 amide bonds. The molecule has 0 fully saturated rings. The summed E-state index contributed by atoms with van der Waals surface area (Å²) in [7, 11) is 0. The summed E-state index contributed by atoms with van der Waals surface area (Å²) >= 11 is 12.1. The minimum atomic E-state index is -0.868. The first-order valence-electron chi connectivity index (χ1n) is 7.20. The molecule has 1 N–H and O–H groups in total. The van der Waals surface area contributed by atoms with E-state index in [0.29, 0.717) is 16.5 Å². The number of aliphatic carboxylic acids is 1. The van der Waals surface area contributed by atoms with Crippen molar-refractivity contribution >= 4 is 39.9 Å². The van der Waals surface area contributed by atoms with Gasteiger partial charge in [0.05, 0.1) is 5.92 Å². The number of hydrogen-bond acceptors (Lipinski definition) is 1. The number of carboxylic acid groups (broad SMARTS) is 1. The maximum absolute atomic E-state index is 11.9. The van der Waals surface area contributed by atoms with Gasteiger partial charge in [-0.1, -0.05) is 71.7 Å². The topological polar surface area (TPSA) is 37.3 Å². The number of benzene rings is 3. The summed E-state index contributed by atoms with van der Waals surface area (Å²) in [5.41, 5.74) is 1.57. The summed E-state index contributed by atoms with van der Waals surface area (Å²) in [4.78, 5) is 11.9. The van der Waals surface area contributed by atoms with Crippen LogP contribution in [0.1, 0.15) is 17.0 Å². The minimum absolute atomic E-state index is 0.319. The molecule has 0 spiro atoms. The van der Waals surface area contributed by atoms with E-state index in [2.05, 4.69) is 0 Å². The summed E-state index contributed by atoms with van der Waals surface area (Å²) in [6.45, 7) is 0. The quantitative estimate of drug-likeness (QED) is 0.672. The van der Waals surface area contributed by atoms with E-state index in [1.807, 2.05) is 42.5 Å². The molecule has 3 aromatic rings. The second-order valence-corrected chi connectivity index (χ2v) is 6.24. The fourth-order valence-electron chi connectivity index (χ4n) is 2.79. The van der Waals surface area contributed by atoms with Crippen LogP contribution in [0.5, 0.6) is 0 Å². The van der Waals surface area contributed by atoms with Crippen LogP contribution in [0.3, 0.4) is 0 Å². The minimum Gasteiger partial charge on any atom is -0.481 e. The van der Waals surface area contributed by atoms with Crippen LogP contribution in [0.4, 0.5) is 0 Å². The zero-order valence-corrected chi connectivity index (χ0v) is 13.7. The van der Waals surface area contributed by atoms with Crippen molar-refractivity contribution in [2.75, 3.05) is 0 Å². The first-order valence-corrected chi connectivity index (χ1v) is 7.96. The highest BCUT2D eigenvalue weighted by Gasteiger charge is 2.23. The van der Waals surface area contributed by atoms with Crippen LogP contribution in [0, 0.1) is 0 Å². The van der Waals surface area contributed by atoms with E-state index in [-0.39, 0.29) is 0 Å². The molecule has 0 saturated heterocycles. The lowest BCUT2D eigenvalue weighted by Crippen LogP contribution is -2.15. The highest BCUT2D eigenvalue weighted by molar-refractivity contribution is 6.35. The monoisotopic (exact) mass is 344 g/mol. The van der Waals surface area contributed by atoms with E-state index >= 15 is 0 Å². The molecule has 0 aliphatic carbocycles. The Hall–Kier alpha value is -2.03. The van der Waals surface area contributed by atoms with Crippen LogP contribution >= 0.6 is 23.2 Å². The third kappa shape index (κ3) is 3.34. The molecule has 0 aromatic heterocycles. The van der Waals surface area contributed by atoms with Crippen molar-refractivity contribution in [2.24, 2.45) is 0 Å². The van der Waals surface area contributed by atoms with E-state index in [1.165, 1.54) is 0 Å². The molecule has 0 saturated carbocycles. The second-order valence-electron chi connectivity index (χ2n) is 5.40. The number of carboxylic acids is 1. The number of rotatable bonds is 4. The molecule has 0 radical (unpaired) electrons. The lowest BCUT2D eigenvalue weighted by Gasteiger charge is -2.16. The molecule has 0 bridgehead atoms. The largest absolute Gasteiger partial charge is 0.481 e. The zero-order chi connectivity index (χ0) is 16.4. The molecular formula is C19H14Cl2O2. The number of carbonyl (C=O) groups is 1. The van der Waals surface area contributed by atoms with Crippen LogP contribution in [0.25, 0.3) is 10.8 Å². The molecule has 0 aliphatic rings. The van der Waals surface area contributed by atoms with Gasteiger partial charge in [-0.15, -0.1) is 0 Å². The third-order valence-electron chi connectivity index (χ3n) is 3.94. The molecule has 0 heterocycles. The molecule has 1 unspecified atom stereocenters. The molecule has 4 heteroatoms. The first-order chi connectivity index (χ1) is 11.1. The Labute approximate surface area is 144 Å². The van der Waals surface area contributed by atoms with Crippen molar-refractivity contribution in [2.45, 2.75) is 12.3 Å². The Morgan fingerprint density at radius 3 is 2.48 bits per heavy atom. The van der Waals surface area contributed by atoms with Gasteiger partial charge in [0.1, 0.15) is 0 Å². The van der Waals surface area contributed by atoms with Gasteiger partial charge in [-0.05, 0) is 40.5 Å². The maximum atomic E-state index is 11.9. The Morgan fingerprint density at radius 1 is 1.00 bits per heavy atom. The average Bonchev–Trinajstić information content (AvgIpc) is 2.53. The molecule has 23 heavy (non-hydrogen) atoms. The van der Waals surface area contributed by atoms with Gasteiger partial charge >= 0.3 is 5.97 Å². The predicted octanol–water partition coefficient (Wildman–Crippen LogP) is 5.56. The Bertz CT molecular complexity index is 869. The van der Waals surface area contributed by atoms with E-state index in [1.54, 1.807) is 18.2 Å². The van der Waals surface area contributed by atoms with E-state index < -0.39 is 11.9 Å². The number of hydrogen-bond donors (Lipinski definition) is 1. The summed E-state index contributed by atoms with van der Waals surface area (Å²) in [6, 6.07) is 18.7. The second kappa shape index (κ2) is 6.61. The van der Waals surface area contributed by atoms with Crippen molar-refractivity contribution in [3.63, 3.8) is 0 Å². The summed E-state index contributed by atoms with van der Waals surface area (Å²) < 4.78 is 0. The predicted molar refractivity (Wildman–Crippen MR) is 94.5 cm³/mol. The third-order valence-corrected chi connectivity index (χ3v) is 4.52. The van der Waals surface area contributed by atoms with Crippen molar-refractivity contribution in [3.8, 4) is 0 Å². The first kappa shape index (κ1) is 15.9. The van der Waals surface area contributed by atoms with Crippen LogP contribution < -0.4 is 0 Å². The Balaban J connectivity index is 2.06. The number of fused-ring (bicyclic) bond motifs is 1. The van der Waals surface area contributed by atoms with Crippen LogP contribution in [0.15, 0.2) is 60.7 Å². The SMILES string of the molecule is O=C(O)C(Cc1ccc(Cl)cc1Cl)c1cccc2ccccc12. The van der Waals surface area contributed by atoms with Gasteiger partial charge in [-0.25, -0.2) is 0 Å². The van der Waals surface area contributed by atoms with Gasteiger partial charge in [0.15, 0.2) is 0 Å². The standard InChI is InChI=1S/C19H14Cl2O2/c20-14-9-8-13(18(21)11-14)10-17(19(22)23)16-7-3-5-12-4-1-2-6-15(12)16/h1-9,11,17H,10H2,(H,22,23). The lowest BCUT2D eigenvalue weighted by molar-refractivity contribution is -0.138. The molecule has 1 atom stereocenters. The maximum Gasteiger partial charge on any atom is 0.311 e. The fraction of sp³-hybridized carbons (Fsp3) is 0.105. The molecule has 0 aliphatic heterocycles. The molecule has 3 aromatic carbocycles. The normalized spacial score (nSPS) is 12.3. The van der Waals surface area contributed by atoms with Crippen LogP contribution in [-0.2, 0) is 11.2 Å². The van der Waals surface area contributed by atoms with Gasteiger partial charge in [0, 0.05) is 10.0 Å². The highest BCUT2D eigenvalue weighted by Crippen LogP contribution is 2.31.